The third-order valence-electron chi connectivity index (χ3n) is 2.32. The third kappa shape index (κ3) is 3.22. The van der Waals surface area contributed by atoms with Crippen LogP contribution in [0.15, 0.2) is 18.2 Å². The van der Waals surface area contributed by atoms with E-state index in [0.29, 0.717) is 17.1 Å². The molecule has 1 aromatic carbocycles. The molecule has 0 aliphatic heterocycles. The monoisotopic (exact) mass is 241 g/mol. The van der Waals surface area contributed by atoms with E-state index in [1.165, 1.54) is 0 Å². The molecule has 88 valence electrons. The van der Waals surface area contributed by atoms with Crippen molar-refractivity contribution in [2.24, 2.45) is 0 Å². The molecular formula is C12H16ClNO2. The summed E-state index contributed by atoms with van der Waals surface area (Å²) in [5.74, 6) is 0. The van der Waals surface area contributed by atoms with Gasteiger partial charge in [-0.05, 0) is 24.6 Å². The predicted molar refractivity (Wildman–Crippen MR) is 66.4 cm³/mol. The second-order valence-electron chi connectivity index (χ2n) is 3.53. The van der Waals surface area contributed by atoms with Crippen molar-refractivity contribution in [3.05, 3.63) is 28.8 Å². The smallest absolute Gasteiger partial charge is 0.152 e. The van der Waals surface area contributed by atoms with Crippen molar-refractivity contribution in [2.75, 3.05) is 24.6 Å². The Morgan fingerprint density at radius 2 is 2.19 bits per heavy atom. The maximum absolute atomic E-state index is 10.9. The van der Waals surface area contributed by atoms with E-state index in [1.54, 1.807) is 12.1 Å². The van der Waals surface area contributed by atoms with E-state index in [9.17, 15) is 4.79 Å². The Balaban J connectivity index is 3.02. The molecule has 0 fully saturated rings. The number of hydrogen-bond acceptors (Lipinski definition) is 3. The van der Waals surface area contributed by atoms with Crippen molar-refractivity contribution in [2.45, 2.75) is 13.3 Å². The van der Waals surface area contributed by atoms with Crippen LogP contribution < -0.4 is 4.90 Å². The van der Waals surface area contributed by atoms with Crippen LogP contribution in [0.25, 0.3) is 0 Å². The molecular weight excluding hydrogens is 226 g/mol. The van der Waals surface area contributed by atoms with Crippen LogP contribution in [0.2, 0.25) is 5.02 Å². The molecule has 0 aromatic heterocycles. The van der Waals surface area contributed by atoms with Crippen molar-refractivity contribution in [3.8, 4) is 0 Å². The summed E-state index contributed by atoms with van der Waals surface area (Å²) in [6.45, 7) is 3.46. The summed E-state index contributed by atoms with van der Waals surface area (Å²) in [5.41, 5.74) is 1.39. The van der Waals surface area contributed by atoms with Gasteiger partial charge in [-0.15, -0.1) is 0 Å². The molecule has 4 heteroatoms. The number of hydrogen-bond donors (Lipinski definition) is 1. The lowest BCUT2D eigenvalue weighted by molar-refractivity contribution is 0.112. The first-order valence-corrected chi connectivity index (χ1v) is 5.71. The van der Waals surface area contributed by atoms with Gasteiger partial charge in [-0.1, -0.05) is 18.5 Å². The van der Waals surface area contributed by atoms with E-state index in [4.69, 9.17) is 16.7 Å². The number of halogens is 1. The number of carbonyl (C=O) groups excluding carboxylic acids is 1. The van der Waals surface area contributed by atoms with Crippen molar-refractivity contribution < 1.29 is 9.90 Å². The van der Waals surface area contributed by atoms with Gasteiger partial charge in [0.05, 0.1) is 6.61 Å². The number of carbonyl (C=O) groups is 1. The Kier molecular flexibility index (Phi) is 5.29. The number of aliphatic hydroxyl groups excluding tert-OH is 1. The van der Waals surface area contributed by atoms with E-state index >= 15 is 0 Å². The van der Waals surface area contributed by atoms with Gasteiger partial charge < -0.3 is 10.0 Å². The van der Waals surface area contributed by atoms with Gasteiger partial charge in [-0.3, -0.25) is 4.79 Å². The highest BCUT2D eigenvalue weighted by atomic mass is 35.5. The molecule has 1 N–H and O–H groups in total. The van der Waals surface area contributed by atoms with E-state index in [-0.39, 0.29) is 6.61 Å². The Bertz CT molecular complexity index is 349. The van der Waals surface area contributed by atoms with Gasteiger partial charge in [0.15, 0.2) is 6.29 Å². The number of anilines is 1. The maximum atomic E-state index is 10.9. The third-order valence-corrected chi connectivity index (χ3v) is 2.56. The molecule has 0 aliphatic rings. The lowest BCUT2D eigenvalue weighted by Gasteiger charge is -2.24. The highest BCUT2D eigenvalue weighted by Gasteiger charge is 2.10. The second-order valence-corrected chi connectivity index (χ2v) is 3.97. The molecule has 0 atom stereocenters. The molecule has 0 bridgehead atoms. The SMILES string of the molecule is CCCN(CCO)c1ccc(Cl)cc1C=O. The summed E-state index contributed by atoms with van der Waals surface area (Å²) < 4.78 is 0. The molecule has 1 aromatic rings. The minimum Gasteiger partial charge on any atom is -0.395 e. The zero-order valence-electron chi connectivity index (χ0n) is 9.32. The van der Waals surface area contributed by atoms with Crippen molar-refractivity contribution in [1.29, 1.82) is 0 Å². The fourth-order valence-electron chi connectivity index (χ4n) is 1.65. The molecule has 0 saturated heterocycles. The average molecular weight is 242 g/mol. The van der Waals surface area contributed by atoms with Crippen LogP contribution in [0.1, 0.15) is 23.7 Å². The van der Waals surface area contributed by atoms with Crippen LogP contribution in [0.5, 0.6) is 0 Å². The Hall–Kier alpha value is -1.06. The molecule has 1 rings (SSSR count). The average Bonchev–Trinajstić information content (AvgIpc) is 2.28. The zero-order chi connectivity index (χ0) is 12.0. The summed E-state index contributed by atoms with van der Waals surface area (Å²) in [6.07, 6.45) is 1.75. The number of nitrogens with zero attached hydrogens (tertiary/aromatic N) is 1. The van der Waals surface area contributed by atoms with Crippen molar-refractivity contribution in [1.82, 2.24) is 0 Å². The van der Waals surface area contributed by atoms with Crippen LogP contribution in [-0.4, -0.2) is 31.1 Å². The minimum atomic E-state index is 0.0704. The highest BCUT2D eigenvalue weighted by Crippen LogP contribution is 2.23. The van der Waals surface area contributed by atoms with Crippen molar-refractivity contribution >= 4 is 23.6 Å². The molecule has 0 aliphatic carbocycles. The molecule has 0 unspecified atom stereocenters. The zero-order valence-corrected chi connectivity index (χ0v) is 10.1. The van der Waals surface area contributed by atoms with Gasteiger partial charge in [0, 0.05) is 29.4 Å². The minimum absolute atomic E-state index is 0.0704. The molecule has 0 amide bonds. The number of rotatable bonds is 6. The summed E-state index contributed by atoms with van der Waals surface area (Å²) in [6, 6.07) is 5.21. The van der Waals surface area contributed by atoms with Crippen molar-refractivity contribution in [3.63, 3.8) is 0 Å². The van der Waals surface area contributed by atoms with Gasteiger partial charge in [0.25, 0.3) is 0 Å². The fourth-order valence-corrected chi connectivity index (χ4v) is 1.83. The topological polar surface area (TPSA) is 40.5 Å². The maximum Gasteiger partial charge on any atom is 0.152 e. The normalized spacial score (nSPS) is 10.2. The lowest BCUT2D eigenvalue weighted by Crippen LogP contribution is -2.28. The summed E-state index contributed by atoms with van der Waals surface area (Å²) in [7, 11) is 0. The quantitative estimate of drug-likeness (QED) is 0.778. The van der Waals surface area contributed by atoms with E-state index in [2.05, 4.69) is 6.92 Å². The summed E-state index contributed by atoms with van der Waals surface area (Å²) in [4.78, 5) is 12.9. The van der Waals surface area contributed by atoms with E-state index in [0.717, 1.165) is 24.9 Å². The Morgan fingerprint density at radius 3 is 2.75 bits per heavy atom. The second kappa shape index (κ2) is 6.51. The number of benzene rings is 1. The largest absolute Gasteiger partial charge is 0.395 e. The van der Waals surface area contributed by atoms with E-state index in [1.807, 2.05) is 11.0 Å². The first-order valence-electron chi connectivity index (χ1n) is 5.33. The summed E-state index contributed by atoms with van der Waals surface area (Å²) >= 11 is 5.83. The van der Waals surface area contributed by atoms with Gasteiger partial charge in [-0.25, -0.2) is 0 Å². The molecule has 0 saturated carbocycles. The first-order chi connectivity index (χ1) is 7.72. The number of aliphatic hydroxyl groups is 1. The van der Waals surface area contributed by atoms with Crippen LogP contribution in [0, 0.1) is 0 Å². The molecule has 0 heterocycles. The number of aldehydes is 1. The first kappa shape index (κ1) is 13.0. The standard InChI is InChI=1S/C12H16ClNO2/c1-2-5-14(6-7-15)12-4-3-11(13)8-10(12)9-16/h3-4,8-9,15H,2,5-7H2,1H3. The van der Waals surface area contributed by atoms with Gasteiger partial charge >= 0.3 is 0 Å². The van der Waals surface area contributed by atoms with Crippen LogP contribution in [-0.2, 0) is 0 Å². The summed E-state index contributed by atoms with van der Waals surface area (Å²) in [5, 5.41) is 9.53. The van der Waals surface area contributed by atoms with Crippen LogP contribution >= 0.6 is 11.6 Å². The van der Waals surface area contributed by atoms with Gasteiger partial charge in [-0.2, -0.15) is 0 Å². The molecule has 3 nitrogen and oxygen atoms in total. The fraction of sp³-hybridized carbons (Fsp3) is 0.417. The highest BCUT2D eigenvalue weighted by molar-refractivity contribution is 6.31. The van der Waals surface area contributed by atoms with Crippen LogP contribution in [0.4, 0.5) is 5.69 Å². The van der Waals surface area contributed by atoms with Gasteiger partial charge in [0.1, 0.15) is 0 Å². The van der Waals surface area contributed by atoms with Gasteiger partial charge in [0.2, 0.25) is 0 Å². The lowest BCUT2D eigenvalue weighted by atomic mass is 10.1. The molecule has 16 heavy (non-hydrogen) atoms. The van der Waals surface area contributed by atoms with Crippen LogP contribution in [0.3, 0.4) is 0 Å². The Labute approximate surface area is 101 Å². The molecule has 0 radical (unpaired) electrons. The van der Waals surface area contributed by atoms with E-state index < -0.39 is 0 Å². The Morgan fingerprint density at radius 1 is 1.44 bits per heavy atom. The predicted octanol–water partition coefficient (Wildman–Crippen LogP) is 2.36. The molecule has 0 spiro atoms.